The second-order valence-electron chi connectivity index (χ2n) is 6.40. The fourth-order valence-electron chi connectivity index (χ4n) is 2.99. The molecule has 1 aliphatic heterocycles. The van der Waals surface area contributed by atoms with Gasteiger partial charge in [0, 0.05) is 18.7 Å². The summed E-state index contributed by atoms with van der Waals surface area (Å²) < 4.78 is 60.9. The molecule has 0 aliphatic carbocycles. The van der Waals surface area contributed by atoms with E-state index in [9.17, 15) is 17.6 Å². The highest BCUT2D eigenvalue weighted by atomic mass is 19.3. The Morgan fingerprint density at radius 3 is 2.56 bits per heavy atom. The van der Waals surface area contributed by atoms with Gasteiger partial charge in [-0.3, -0.25) is 0 Å². The molecule has 4 nitrogen and oxygen atoms in total. The molecule has 0 radical (unpaired) electrons. The largest absolute Gasteiger partial charge is 0.400 e. The zero-order chi connectivity index (χ0) is 20.1. The van der Waals surface area contributed by atoms with E-state index in [1.165, 1.54) is 19.1 Å². The molecule has 2 rings (SSSR count). The van der Waals surface area contributed by atoms with Crippen molar-refractivity contribution < 1.29 is 22.3 Å². The van der Waals surface area contributed by atoms with E-state index in [0.717, 1.165) is 12.5 Å². The predicted octanol–water partition coefficient (Wildman–Crippen LogP) is 3.93. The lowest BCUT2D eigenvalue weighted by Gasteiger charge is -2.21. The maximum atomic E-state index is 14.8. The van der Waals surface area contributed by atoms with Gasteiger partial charge in [0.2, 0.25) is 0 Å². The van der Waals surface area contributed by atoms with Crippen LogP contribution < -0.4 is 11.5 Å². The average Bonchev–Trinajstić information content (AvgIpc) is 3.12. The Labute approximate surface area is 155 Å². The van der Waals surface area contributed by atoms with E-state index in [4.69, 9.17) is 16.2 Å². The molecular formula is C19H23F4N3O. The maximum absolute atomic E-state index is 14.8. The van der Waals surface area contributed by atoms with Crippen molar-refractivity contribution in [3.63, 3.8) is 0 Å². The molecule has 0 spiro atoms. The average molecular weight is 385 g/mol. The second-order valence-corrected chi connectivity index (χ2v) is 6.40. The standard InChI is InChI=1S/C19H23F4N3O/c1-10(24)16(20)18(26-11(2)25)14(15-7-4-8-27-15)9-12-5-3-6-13(17(12)21)19(22)23/h3,5-6,15-16,19H,1,4,7-9,24H2,2H3,(H2,25,26)/b18-14+. The summed E-state index contributed by atoms with van der Waals surface area (Å²) in [5.74, 6) is -0.955. The molecule has 0 amide bonds. The molecule has 148 valence electrons. The summed E-state index contributed by atoms with van der Waals surface area (Å²) in [7, 11) is 0. The molecule has 1 aromatic carbocycles. The van der Waals surface area contributed by atoms with Crippen LogP contribution in [-0.4, -0.2) is 24.7 Å². The van der Waals surface area contributed by atoms with Gasteiger partial charge in [-0.1, -0.05) is 24.8 Å². The molecule has 0 saturated carbocycles. The highest BCUT2D eigenvalue weighted by Gasteiger charge is 2.29. The highest BCUT2D eigenvalue weighted by Crippen LogP contribution is 2.32. The third kappa shape index (κ3) is 5.09. The van der Waals surface area contributed by atoms with Crippen LogP contribution in [0.5, 0.6) is 0 Å². The van der Waals surface area contributed by atoms with Crippen LogP contribution in [0.15, 0.2) is 46.7 Å². The molecule has 2 unspecified atom stereocenters. The van der Waals surface area contributed by atoms with Crippen LogP contribution in [-0.2, 0) is 11.2 Å². The van der Waals surface area contributed by atoms with Crippen molar-refractivity contribution in [1.29, 1.82) is 0 Å². The zero-order valence-corrected chi connectivity index (χ0v) is 15.0. The Morgan fingerprint density at radius 1 is 1.33 bits per heavy atom. The summed E-state index contributed by atoms with van der Waals surface area (Å²) in [6, 6.07) is 3.72. The number of amidine groups is 1. The first kappa shape index (κ1) is 21.0. The molecule has 27 heavy (non-hydrogen) atoms. The van der Waals surface area contributed by atoms with Crippen LogP contribution in [0.4, 0.5) is 17.6 Å². The third-order valence-electron chi connectivity index (χ3n) is 4.23. The van der Waals surface area contributed by atoms with Gasteiger partial charge in [0.1, 0.15) is 5.82 Å². The topological polar surface area (TPSA) is 73.6 Å². The second kappa shape index (κ2) is 9.03. The van der Waals surface area contributed by atoms with Gasteiger partial charge in [-0.2, -0.15) is 0 Å². The van der Waals surface area contributed by atoms with Crippen LogP contribution in [0.1, 0.15) is 37.3 Å². The Bertz CT molecular complexity index is 751. The smallest absolute Gasteiger partial charge is 0.266 e. The molecule has 8 heteroatoms. The van der Waals surface area contributed by atoms with Gasteiger partial charge in [-0.25, -0.2) is 22.6 Å². The molecule has 1 fully saturated rings. The molecule has 1 aromatic rings. The van der Waals surface area contributed by atoms with Gasteiger partial charge in [-0.15, -0.1) is 0 Å². The molecule has 1 heterocycles. The maximum Gasteiger partial charge on any atom is 0.266 e. The normalized spacial score (nSPS) is 19.9. The lowest BCUT2D eigenvalue weighted by molar-refractivity contribution is 0.133. The number of hydrogen-bond acceptors (Lipinski definition) is 3. The summed E-state index contributed by atoms with van der Waals surface area (Å²) in [6.07, 6.45) is -4.19. The molecule has 0 aromatic heterocycles. The molecule has 4 N–H and O–H groups in total. The number of aliphatic imine (C=N–C) groups is 1. The van der Waals surface area contributed by atoms with Crippen molar-refractivity contribution in [3.05, 3.63) is 58.7 Å². The van der Waals surface area contributed by atoms with E-state index < -0.39 is 30.1 Å². The van der Waals surface area contributed by atoms with Gasteiger partial charge >= 0.3 is 0 Å². The van der Waals surface area contributed by atoms with Gasteiger partial charge in [0.15, 0.2) is 6.17 Å². The lowest BCUT2D eigenvalue weighted by Crippen LogP contribution is -2.23. The van der Waals surface area contributed by atoms with E-state index in [0.29, 0.717) is 18.6 Å². The molecule has 1 saturated heterocycles. The minimum Gasteiger partial charge on any atom is -0.400 e. The van der Waals surface area contributed by atoms with E-state index in [-0.39, 0.29) is 29.2 Å². The minimum absolute atomic E-state index is 0.00416. The Hall–Kier alpha value is -2.35. The Balaban J connectivity index is 2.59. The monoisotopic (exact) mass is 385 g/mol. The zero-order valence-electron chi connectivity index (χ0n) is 15.0. The van der Waals surface area contributed by atoms with Crippen LogP contribution >= 0.6 is 0 Å². The van der Waals surface area contributed by atoms with E-state index in [2.05, 4.69) is 11.6 Å². The van der Waals surface area contributed by atoms with Crippen LogP contribution in [0.2, 0.25) is 0 Å². The van der Waals surface area contributed by atoms with E-state index >= 15 is 0 Å². The first-order valence-electron chi connectivity index (χ1n) is 8.51. The SMILES string of the molecule is C=C(N)C(F)/C(N=C(C)N)=C(/Cc1cccc(C(F)F)c1F)C1CCCO1. The van der Waals surface area contributed by atoms with Crippen molar-refractivity contribution in [2.24, 2.45) is 16.5 Å². The Kier molecular flexibility index (Phi) is 7.01. The summed E-state index contributed by atoms with van der Waals surface area (Å²) in [5.41, 5.74) is 10.3. The number of rotatable bonds is 7. The summed E-state index contributed by atoms with van der Waals surface area (Å²) in [5, 5.41) is 0. The molecule has 0 bridgehead atoms. The van der Waals surface area contributed by atoms with Gasteiger partial charge in [-0.05, 0) is 30.9 Å². The fourth-order valence-corrected chi connectivity index (χ4v) is 2.99. The number of hydrogen-bond donors (Lipinski definition) is 2. The fraction of sp³-hybridized carbons (Fsp3) is 0.421. The Morgan fingerprint density at radius 2 is 2.04 bits per heavy atom. The number of ether oxygens (including phenoxy) is 1. The third-order valence-corrected chi connectivity index (χ3v) is 4.23. The van der Waals surface area contributed by atoms with Gasteiger partial charge in [0.25, 0.3) is 6.43 Å². The summed E-state index contributed by atoms with van der Waals surface area (Å²) >= 11 is 0. The van der Waals surface area contributed by atoms with Crippen LogP contribution in [0.25, 0.3) is 0 Å². The van der Waals surface area contributed by atoms with Crippen LogP contribution in [0.3, 0.4) is 0 Å². The number of alkyl halides is 3. The quantitative estimate of drug-likeness (QED) is 0.424. The minimum atomic E-state index is -2.96. The predicted molar refractivity (Wildman–Crippen MR) is 96.6 cm³/mol. The number of benzene rings is 1. The van der Waals surface area contributed by atoms with Gasteiger partial charge < -0.3 is 16.2 Å². The molecule has 2 atom stereocenters. The number of halogens is 4. The van der Waals surface area contributed by atoms with Crippen molar-refractivity contribution in [2.75, 3.05) is 6.61 Å². The number of nitrogens with zero attached hydrogens (tertiary/aromatic N) is 1. The first-order valence-corrected chi connectivity index (χ1v) is 8.51. The molecular weight excluding hydrogens is 362 g/mol. The van der Waals surface area contributed by atoms with E-state index in [1.54, 1.807) is 0 Å². The summed E-state index contributed by atoms with van der Waals surface area (Å²) in [4.78, 5) is 4.03. The lowest BCUT2D eigenvalue weighted by atomic mass is 9.93. The van der Waals surface area contributed by atoms with Crippen molar-refractivity contribution in [3.8, 4) is 0 Å². The summed E-state index contributed by atoms with van der Waals surface area (Å²) in [6.45, 7) is 5.32. The van der Waals surface area contributed by atoms with Crippen molar-refractivity contribution in [1.82, 2.24) is 0 Å². The highest BCUT2D eigenvalue weighted by molar-refractivity contribution is 5.78. The van der Waals surface area contributed by atoms with Crippen LogP contribution in [0, 0.1) is 5.82 Å². The number of nitrogens with two attached hydrogens (primary N) is 2. The first-order chi connectivity index (χ1) is 12.7. The van der Waals surface area contributed by atoms with Crippen molar-refractivity contribution in [2.45, 2.75) is 44.9 Å². The van der Waals surface area contributed by atoms with Crippen molar-refractivity contribution >= 4 is 5.84 Å². The van der Waals surface area contributed by atoms with E-state index in [1.807, 2.05) is 0 Å². The van der Waals surface area contributed by atoms with Gasteiger partial charge in [0.05, 0.1) is 23.2 Å². The molecule has 1 aliphatic rings.